The summed E-state index contributed by atoms with van der Waals surface area (Å²) in [6, 6.07) is 5.71. The molecule has 1 unspecified atom stereocenters. The molecule has 1 aromatic carbocycles. The van der Waals surface area contributed by atoms with Crippen LogP contribution in [0.1, 0.15) is 19.4 Å². The minimum atomic E-state index is 0.0128. The summed E-state index contributed by atoms with van der Waals surface area (Å²) >= 11 is 6.17. The van der Waals surface area contributed by atoms with Crippen LogP contribution in [0.15, 0.2) is 18.2 Å². The van der Waals surface area contributed by atoms with Gasteiger partial charge in [0, 0.05) is 24.2 Å². The van der Waals surface area contributed by atoms with E-state index >= 15 is 0 Å². The van der Waals surface area contributed by atoms with Crippen LogP contribution in [0.5, 0.6) is 5.75 Å². The van der Waals surface area contributed by atoms with Crippen molar-refractivity contribution >= 4 is 11.6 Å². The second-order valence-electron chi connectivity index (χ2n) is 3.88. The second-order valence-corrected chi connectivity index (χ2v) is 4.29. The fraction of sp³-hybridized carbons (Fsp3) is 0.538. The van der Waals surface area contributed by atoms with Gasteiger partial charge in [-0.1, -0.05) is 24.6 Å². The zero-order chi connectivity index (χ0) is 12.7. The van der Waals surface area contributed by atoms with Crippen LogP contribution >= 0.6 is 11.6 Å². The molecule has 4 heteroatoms. The zero-order valence-corrected chi connectivity index (χ0v) is 11.4. The van der Waals surface area contributed by atoms with E-state index in [0.717, 1.165) is 22.9 Å². The Labute approximate surface area is 108 Å². The molecule has 0 aliphatic carbocycles. The molecule has 0 radical (unpaired) electrons. The fourth-order valence-electron chi connectivity index (χ4n) is 1.56. The summed E-state index contributed by atoms with van der Waals surface area (Å²) in [4.78, 5) is 0. The Hall–Kier alpha value is -0.770. The first kappa shape index (κ1) is 14.3. The summed E-state index contributed by atoms with van der Waals surface area (Å²) < 4.78 is 10.9. The van der Waals surface area contributed by atoms with Crippen LogP contribution in [-0.4, -0.2) is 26.4 Å². The van der Waals surface area contributed by atoms with E-state index in [2.05, 4.69) is 12.2 Å². The molecule has 1 N–H and O–H groups in total. The third kappa shape index (κ3) is 4.54. The summed E-state index contributed by atoms with van der Waals surface area (Å²) in [7, 11) is 1.66. The topological polar surface area (TPSA) is 30.5 Å². The van der Waals surface area contributed by atoms with Crippen molar-refractivity contribution in [1.29, 1.82) is 0 Å². The maximum Gasteiger partial charge on any atom is 0.125 e. The van der Waals surface area contributed by atoms with E-state index in [4.69, 9.17) is 21.1 Å². The number of hydrogen-bond donors (Lipinski definition) is 1. The maximum absolute atomic E-state index is 6.17. The van der Waals surface area contributed by atoms with Gasteiger partial charge >= 0.3 is 0 Å². The third-order valence-corrected chi connectivity index (χ3v) is 2.71. The van der Waals surface area contributed by atoms with Crippen LogP contribution < -0.4 is 10.1 Å². The fourth-order valence-corrected chi connectivity index (χ4v) is 1.79. The first-order valence-electron chi connectivity index (χ1n) is 5.82. The summed E-state index contributed by atoms with van der Waals surface area (Å²) in [5, 5.41) is 3.99. The van der Waals surface area contributed by atoms with Gasteiger partial charge in [0.15, 0.2) is 0 Å². The number of ether oxygens (including phenoxy) is 2. The van der Waals surface area contributed by atoms with Gasteiger partial charge in [0.2, 0.25) is 0 Å². The van der Waals surface area contributed by atoms with Crippen molar-refractivity contribution in [2.75, 3.05) is 20.3 Å². The summed E-state index contributed by atoms with van der Waals surface area (Å²) in [6.07, 6.45) is 0.0128. The first-order valence-corrected chi connectivity index (χ1v) is 6.20. The Kier molecular flexibility index (Phi) is 6.34. The van der Waals surface area contributed by atoms with E-state index in [1.807, 2.05) is 25.1 Å². The Morgan fingerprint density at radius 2 is 2.18 bits per heavy atom. The molecule has 0 bridgehead atoms. The molecular weight excluding hydrogens is 238 g/mol. The lowest BCUT2D eigenvalue weighted by molar-refractivity contribution is 0.0913. The molecule has 17 heavy (non-hydrogen) atoms. The summed E-state index contributed by atoms with van der Waals surface area (Å²) in [6.45, 7) is 6.21. The number of rotatable bonds is 7. The minimum Gasteiger partial charge on any atom is -0.488 e. The predicted molar refractivity (Wildman–Crippen MR) is 70.8 cm³/mol. The summed E-state index contributed by atoms with van der Waals surface area (Å²) in [5.41, 5.74) is 0.999. The SMILES string of the molecule is CCNCc1c(Cl)cccc1OC(C)COC. The molecule has 1 atom stereocenters. The molecule has 0 aromatic heterocycles. The molecule has 1 rings (SSSR count). The Morgan fingerprint density at radius 3 is 2.82 bits per heavy atom. The minimum absolute atomic E-state index is 0.0128. The standard InChI is InChI=1S/C13H20ClNO2/c1-4-15-8-11-12(14)6-5-7-13(11)17-10(2)9-16-3/h5-7,10,15H,4,8-9H2,1-3H3. The molecule has 0 amide bonds. The predicted octanol–water partition coefficient (Wildman–Crippen LogP) is 2.86. The van der Waals surface area contributed by atoms with Crippen molar-refractivity contribution in [1.82, 2.24) is 5.32 Å². The van der Waals surface area contributed by atoms with Crippen LogP contribution in [-0.2, 0) is 11.3 Å². The highest BCUT2D eigenvalue weighted by atomic mass is 35.5. The molecule has 0 saturated heterocycles. The normalized spacial score (nSPS) is 12.5. The van der Waals surface area contributed by atoms with E-state index in [0.29, 0.717) is 13.2 Å². The highest BCUT2D eigenvalue weighted by Gasteiger charge is 2.10. The maximum atomic E-state index is 6.17. The first-order chi connectivity index (χ1) is 8.19. The van der Waals surface area contributed by atoms with E-state index in [-0.39, 0.29) is 6.10 Å². The molecule has 3 nitrogen and oxygen atoms in total. The van der Waals surface area contributed by atoms with E-state index in [1.165, 1.54) is 0 Å². The van der Waals surface area contributed by atoms with Gasteiger partial charge in [-0.3, -0.25) is 0 Å². The van der Waals surface area contributed by atoms with Gasteiger partial charge in [-0.15, -0.1) is 0 Å². The average molecular weight is 258 g/mol. The molecular formula is C13H20ClNO2. The number of nitrogens with one attached hydrogen (secondary N) is 1. The molecule has 0 aliphatic heterocycles. The van der Waals surface area contributed by atoms with Gasteiger partial charge in [0.05, 0.1) is 6.61 Å². The highest BCUT2D eigenvalue weighted by molar-refractivity contribution is 6.31. The van der Waals surface area contributed by atoms with Gasteiger partial charge in [-0.05, 0) is 25.6 Å². The van der Waals surface area contributed by atoms with Crippen LogP contribution in [0.3, 0.4) is 0 Å². The van der Waals surface area contributed by atoms with Gasteiger partial charge < -0.3 is 14.8 Å². The van der Waals surface area contributed by atoms with E-state index < -0.39 is 0 Å². The van der Waals surface area contributed by atoms with E-state index in [1.54, 1.807) is 7.11 Å². The smallest absolute Gasteiger partial charge is 0.125 e. The Balaban J connectivity index is 2.78. The lowest BCUT2D eigenvalue weighted by atomic mass is 10.2. The van der Waals surface area contributed by atoms with Gasteiger partial charge in [-0.25, -0.2) is 0 Å². The average Bonchev–Trinajstić information content (AvgIpc) is 2.28. The number of halogens is 1. The Morgan fingerprint density at radius 1 is 1.41 bits per heavy atom. The van der Waals surface area contributed by atoms with Crippen molar-refractivity contribution < 1.29 is 9.47 Å². The van der Waals surface area contributed by atoms with Crippen LogP contribution in [0, 0.1) is 0 Å². The lowest BCUT2D eigenvalue weighted by Gasteiger charge is -2.17. The molecule has 1 aromatic rings. The van der Waals surface area contributed by atoms with Gasteiger partial charge in [0.1, 0.15) is 11.9 Å². The van der Waals surface area contributed by atoms with Crippen molar-refractivity contribution in [2.24, 2.45) is 0 Å². The monoisotopic (exact) mass is 257 g/mol. The highest BCUT2D eigenvalue weighted by Crippen LogP contribution is 2.27. The molecule has 0 aliphatic rings. The molecule has 0 fully saturated rings. The van der Waals surface area contributed by atoms with Crippen molar-refractivity contribution in [2.45, 2.75) is 26.5 Å². The Bertz CT molecular complexity index is 344. The second kappa shape index (κ2) is 7.54. The van der Waals surface area contributed by atoms with Crippen molar-refractivity contribution in [3.05, 3.63) is 28.8 Å². The molecule has 0 heterocycles. The molecule has 0 spiro atoms. The van der Waals surface area contributed by atoms with Crippen LogP contribution in [0.2, 0.25) is 5.02 Å². The van der Waals surface area contributed by atoms with Crippen molar-refractivity contribution in [3.63, 3.8) is 0 Å². The quantitative estimate of drug-likeness (QED) is 0.815. The molecule has 96 valence electrons. The van der Waals surface area contributed by atoms with E-state index in [9.17, 15) is 0 Å². The van der Waals surface area contributed by atoms with Gasteiger partial charge in [-0.2, -0.15) is 0 Å². The van der Waals surface area contributed by atoms with Crippen LogP contribution in [0.4, 0.5) is 0 Å². The number of benzene rings is 1. The van der Waals surface area contributed by atoms with Crippen LogP contribution in [0.25, 0.3) is 0 Å². The number of methoxy groups -OCH3 is 1. The number of hydrogen-bond acceptors (Lipinski definition) is 3. The zero-order valence-electron chi connectivity index (χ0n) is 10.6. The summed E-state index contributed by atoms with van der Waals surface area (Å²) in [5.74, 6) is 0.822. The third-order valence-electron chi connectivity index (χ3n) is 2.36. The molecule has 0 saturated carbocycles. The van der Waals surface area contributed by atoms with Gasteiger partial charge in [0.25, 0.3) is 0 Å². The van der Waals surface area contributed by atoms with Crippen molar-refractivity contribution in [3.8, 4) is 5.75 Å². The lowest BCUT2D eigenvalue weighted by Crippen LogP contribution is -2.20. The largest absolute Gasteiger partial charge is 0.488 e.